The smallest absolute Gasteiger partial charge is 0.180 e. The van der Waals surface area contributed by atoms with Crippen LogP contribution in [0.3, 0.4) is 0 Å². The van der Waals surface area contributed by atoms with Crippen molar-refractivity contribution in [2.45, 2.75) is 6.54 Å². The van der Waals surface area contributed by atoms with Crippen LogP contribution < -0.4 is 5.32 Å². The van der Waals surface area contributed by atoms with Crippen molar-refractivity contribution in [1.29, 1.82) is 0 Å². The van der Waals surface area contributed by atoms with Gasteiger partial charge >= 0.3 is 0 Å². The quantitative estimate of drug-likeness (QED) is 0.729. The van der Waals surface area contributed by atoms with Gasteiger partial charge in [0.15, 0.2) is 11.5 Å². The maximum atomic E-state index is 4.50. The van der Waals surface area contributed by atoms with Crippen molar-refractivity contribution in [2.24, 2.45) is 0 Å². The average Bonchev–Trinajstić information content (AvgIpc) is 3.07. The van der Waals surface area contributed by atoms with Crippen LogP contribution in [0.25, 0.3) is 5.65 Å². The molecule has 1 aliphatic rings. The van der Waals surface area contributed by atoms with Crippen molar-refractivity contribution in [3.63, 3.8) is 0 Å². The fourth-order valence-corrected chi connectivity index (χ4v) is 3.48. The molecule has 0 bridgehead atoms. The number of halogens is 1. The summed E-state index contributed by atoms with van der Waals surface area (Å²) >= 11 is 3.44. The number of anilines is 2. The summed E-state index contributed by atoms with van der Waals surface area (Å²) in [4.78, 5) is 13.8. The number of fused-ring (bicyclic) bond motifs is 1. The van der Waals surface area contributed by atoms with E-state index < -0.39 is 0 Å². The molecule has 7 heteroatoms. The molecule has 0 saturated carbocycles. The third kappa shape index (κ3) is 3.84. The number of rotatable bonds is 4. The van der Waals surface area contributed by atoms with Crippen molar-refractivity contribution >= 4 is 33.1 Å². The number of nitrogens with one attached hydrogen (secondary N) is 1. The van der Waals surface area contributed by atoms with E-state index in [4.69, 9.17) is 0 Å². The van der Waals surface area contributed by atoms with Gasteiger partial charge < -0.3 is 14.6 Å². The molecule has 0 spiro atoms. The van der Waals surface area contributed by atoms with Crippen LogP contribution in [-0.4, -0.2) is 57.4 Å². The van der Waals surface area contributed by atoms with Crippen molar-refractivity contribution in [3.05, 3.63) is 53.0 Å². The molecule has 1 saturated heterocycles. The van der Waals surface area contributed by atoms with Gasteiger partial charge in [-0.2, -0.15) is 0 Å². The minimum absolute atomic E-state index is 0.742. The number of benzene rings is 1. The molecule has 130 valence electrons. The largest absolute Gasteiger partial charge is 0.337 e. The molecule has 0 amide bonds. The second-order valence-electron chi connectivity index (χ2n) is 6.47. The molecular formula is C18H21BrN6. The van der Waals surface area contributed by atoms with E-state index >= 15 is 0 Å². The standard InChI is InChI=1S/C18H21BrN6/c1-23-8-10-24(11-9-23)12-14-2-4-15(5-3-14)21-17-18-20-6-7-25(18)13-16(19)22-17/h2-7,13H,8-12H2,1H3,(H,21,22). The van der Waals surface area contributed by atoms with E-state index in [2.05, 4.69) is 72.3 Å². The Bertz CT molecular complexity index is 852. The summed E-state index contributed by atoms with van der Waals surface area (Å²) in [5.41, 5.74) is 3.16. The number of hydrogen-bond acceptors (Lipinski definition) is 5. The summed E-state index contributed by atoms with van der Waals surface area (Å²) in [6, 6.07) is 8.57. The summed E-state index contributed by atoms with van der Waals surface area (Å²) in [5.74, 6) is 0.742. The van der Waals surface area contributed by atoms with Gasteiger partial charge in [0.25, 0.3) is 0 Å². The highest BCUT2D eigenvalue weighted by atomic mass is 79.9. The zero-order valence-electron chi connectivity index (χ0n) is 14.2. The van der Waals surface area contributed by atoms with E-state index in [9.17, 15) is 0 Å². The van der Waals surface area contributed by atoms with Gasteiger partial charge in [-0.1, -0.05) is 12.1 Å². The van der Waals surface area contributed by atoms with Crippen LogP contribution in [0.1, 0.15) is 5.56 Å². The Hall–Kier alpha value is -1.96. The molecule has 1 aromatic carbocycles. The number of imidazole rings is 1. The molecule has 1 aliphatic heterocycles. The van der Waals surface area contributed by atoms with E-state index in [1.807, 2.05) is 16.8 Å². The predicted molar refractivity (Wildman–Crippen MR) is 103 cm³/mol. The lowest BCUT2D eigenvalue weighted by atomic mass is 10.2. The Morgan fingerprint density at radius 2 is 1.88 bits per heavy atom. The zero-order valence-corrected chi connectivity index (χ0v) is 15.8. The van der Waals surface area contributed by atoms with Gasteiger partial charge in [-0.05, 0) is 40.7 Å². The second-order valence-corrected chi connectivity index (χ2v) is 7.28. The summed E-state index contributed by atoms with van der Waals surface area (Å²) in [6.45, 7) is 5.57. The van der Waals surface area contributed by atoms with Gasteiger partial charge in [-0.15, -0.1) is 0 Å². The summed E-state index contributed by atoms with van der Waals surface area (Å²) in [6.07, 6.45) is 5.58. The molecule has 0 aliphatic carbocycles. The highest BCUT2D eigenvalue weighted by Gasteiger charge is 2.13. The minimum Gasteiger partial charge on any atom is -0.337 e. The summed E-state index contributed by atoms with van der Waals surface area (Å²) in [5, 5.41) is 3.37. The maximum Gasteiger partial charge on any atom is 0.180 e. The SMILES string of the molecule is CN1CCN(Cc2ccc(Nc3nc(Br)cn4ccnc34)cc2)CC1. The van der Waals surface area contributed by atoms with Crippen LogP contribution in [0.4, 0.5) is 11.5 Å². The number of hydrogen-bond donors (Lipinski definition) is 1. The van der Waals surface area contributed by atoms with Gasteiger partial charge in [-0.25, -0.2) is 9.97 Å². The van der Waals surface area contributed by atoms with Gasteiger partial charge in [0.05, 0.1) is 0 Å². The molecule has 25 heavy (non-hydrogen) atoms. The Morgan fingerprint density at radius 3 is 2.64 bits per heavy atom. The molecule has 6 nitrogen and oxygen atoms in total. The van der Waals surface area contributed by atoms with Gasteiger partial charge in [0.2, 0.25) is 0 Å². The Balaban J connectivity index is 1.46. The molecule has 3 heterocycles. The van der Waals surface area contributed by atoms with Crippen LogP contribution in [-0.2, 0) is 6.54 Å². The first-order valence-electron chi connectivity index (χ1n) is 8.43. The fourth-order valence-electron chi connectivity index (χ4n) is 3.08. The van der Waals surface area contributed by atoms with Gasteiger partial charge in [0.1, 0.15) is 4.60 Å². The van der Waals surface area contributed by atoms with Crippen LogP contribution in [0.15, 0.2) is 47.5 Å². The van der Waals surface area contributed by atoms with Crippen molar-refractivity contribution < 1.29 is 0 Å². The van der Waals surface area contributed by atoms with Crippen molar-refractivity contribution in [2.75, 3.05) is 38.5 Å². The number of nitrogens with zero attached hydrogens (tertiary/aromatic N) is 5. The van der Waals surface area contributed by atoms with Gasteiger partial charge in [0, 0.05) is 57.0 Å². The van der Waals surface area contributed by atoms with Crippen LogP contribution in [0, 0.1) is 0 Å². The Morgan fingerprint density at radius 1 is 1.12 bits per heavy atom. The summed E-state index contributed by atoms with van der Waals surface area (Å²) < 4.78 is 2.72. The monoisotopic (exact) mass is 400 g/mol. The Kier molecular flexibility index (Phi) is 4.70. The van der Waals surface area contributed by atoms with E-state index in [0.717, 1.165) is 54.5 Å². The van der Waals surface area contributed by atoms with E-state index in [0.29, 0.717) is 0 Å². The third-order valence-corrected chi connectivity index (χ3v) is 4.95. The highest BCUT2D eigenvalue weighted by molar-refractivity contribution is 9.10. The van der Waals surface area contributed by atoms with E-state index in [1.54, 1.807) is 6.20 Å². The molecule has 0 unspecified atom stereocenters. The molecule has 4 rings (SSSR count). The average molecular weight is 401 g/mol. The number of piperazine rings is 1. The lowest BCUT2D eigenvalue weighted by Crippen LogP contribution is -2.43. The lowest BCUT2D eigenvalue weighted by molar-refractivity contribution is 0.148. The second kappa shape index (κ2) is 7.11. The minimum atomic E-state index is 0.742. The molecule has 1 fully saturated rings. The molecule has 2 aromatic heterocycles. The van der Waals surface area contributed by atoms with Crippen LogP contribution >= 0.6 is 15.9 Å². The molecule has 3 aromatic rings. The predicted octanol–water partition coefficient (Wildman–Crippen LogP) is 2.98. The number of aromatic nitrogens is 3. The third-order valence-electron chi connectivity index (χ3n) is 4.56. The van der Waals surface area contributed by atoms with Crippen LogP contribution in [0.5, 0.6) is 0 Å². The molecule has 0 atom stereocenters. The van der Waals surface area contributed by atoms with E-state index in [-0.39, 0.29) is 0 Å². The first kappa shape index (κ1) is 16.5. The van der Waals surface area contributed by atoms with E-state index in [1.165, 1.54) is 5.56 Å². The number of likely N-dealkylation sites (N-methyl/N-ethyl adjacent to an activating group) is 1. The first-order chi connectivity index (χ1) is 12.2. The van der Waals surface area contributed by atoms with Gasteiger partial charge in [-0.3, -0.25) is 4.90 Å². The lowest BCUT2D eigenvalue weighted by Gasteiger charge is -2.32. The zero-order chi connectivity index (χ0) is 17.2. The maximum absolute atomic E-state index is 4.50. The van der Waals surface area contributed by atoms with Crippen LogP contribution in [0.2, 0.25) is 0 Å². The fraction of sp³-hybridized carbons (Fsp3) is 0.333. The first-order valence-corrected chi connectivity index (χ1v) is 9.23. The van der Waals surface area contributed by atoms with Crippen molar-refractivity contribution in [3.8, 4) is 0 Å². The topological polar surface area (TPSA) is 48.7 Å². The summed E-state index contributed by atoms with van der Waals surface area (Å²) in [7, 11) is 2.19. The highest BCUT2D eigenvalue weighted by Crippen LogP contribution is 2.22. The normalized spacial score (nSPS) is 16.4. The molecule has 0 radical (unpaired) electrons. The molecule has 1 N–H and O–H groups in total. The van der Waals surface area contributed by atoms with Crippen molar-refractivity contribution in [1.82, 2.24) is 24.2 Å². The molecular weight excluding hydrogens is 380 g/mol. The Labute approximate surface area is 155 Å².